The molecule has 1 aromatic heterocycles. The van der Waals surface area contributed by atoms with E-state index in [9.17, 15) is 107 Å². The molecule has 3 aromatic rings. The van der Waals surface area contributed by atoms with Gasteiger partial charge in [0, 0.05) is 93.7 Å². The molecule has 1 unspecified atom stereocenters. The number of piperidine rings is 1. The van der Waals surface area contributed by atoms with Crippen LogP contribution >= 0.6 is 32.9 Å². The number of ketones is 2. The molecule has 0 saturated carbocycles. The number of benzene rings is 2. The van der Waals surface area contributed by atoms with Crippen molar-refractivity contribution in [1.82, 2.24) is 57.3 Å². The number of carboxylic acid groups (broad SMARTS) is 5. The second-order valence-corrected chi connectivity index (χ2v) is 33.7. The summed E-state index contributed by atoms with van der Waals surface area (Å²) in [5, 5.41) is 77.8. The number of amides is 9. The first-order valence-corrected chi connectivity index (χ1v) is 44.7. The number of unbranched alkanes of at least 4 members (excludes halogenated alkanes) is 1. The third-order valence-electron chi connectivity index (χ3n) is 19.8. The Kier molecular flexibility index (Phi) is 53.2. The van der Waals surface area contributed by atoms with E-state index in [-0.39, 0.29) is 144 Å². The highest BCUT2D eigenvalue weighted by Crippen LogP contribution is 2.34. The van der Waals surface area contributed by atoms with Crippen molar-refractivity contribution in [2.45, 2.75) is 233 Å². The lowest BCUT2D eigenvalue weighted by Crippen LogP contribution is -2.50. The summed E-state index contributed by atoms with van der Waals surface area (Å²) in [5.41, 5.74) is 1.93. The molecular formula is C83H121N11O28S3. The Balaban J connectivity index is 0.000000828. The zero-order valence-corrected chi connectivity index (χ0v) is 74.6. The highest BCUT2D eigenvalue weighted by molar-refractivity contribution is 8.76. The summed E-state index contributed by atoms with van der Waals surface area (Å²) >= 11 is 1.11. The minimum absolute atomic E-state index is 0.00804. The molecule has 0 aliphatic carbocycles. The molecule has 0 radical (unpaired) electrons. The Morgan fingerprint density at radius 1 is 0.664 bits per heavy atom. The van der Waals surface area contributed by atoms with E-state index in [1.54, 1.807) is 55.0 Å². The molecule has 694 valence electrons. The molecule has 1 saturated heterocycles. The fraction of sp³-hybridized carbons (Fsp3) is 0.602. The first-order chi connectivity index (χ1) is 59.2. The van der Waals surface area contributed by atoms with Gasteiger partial charge in [-0.1, -0.05) is 119 Å². The number of carbonyl (C=O) groups is 17. The summed E-state index contributed by atoms with van der Waals surface area (Å²) in [6, 6.07) is 5.91. The van der Waals surface area contributed by atoms with Crippen LogP contribution in [0.1, 0.15) is 209 Å². The molecule has 1 fully saturated rings. The van der Waals surface area contributed by atoms with Crippen LogP contribution in [0.25, 0.3) is 0 Å². The van der Waals surface area contributed by atoms with Crippen LogP contribution in [0, 0.1) is 29.6 Å². The lowest BCUT2D eigenvalue weighted by Gasteiger charge is -2.39. The molecule has 1 aliphatic heterocycles. The van der Waals surface area contributed by atoms with E-state index >= 15 is 0 Å². The molecule has 39 nitrogen and oxygen atoms in total. The van der Waals surface area contributed by atoms with Crippen LogP contribution < -0.4 is 42.5 Å². The zero-order chi connectivity index (χ0) is 93.8. The number of likely N-dealkylation sites (N-methyl/N-ethyl adjacent to an activating group) is 1. The van der Waals surface area contributed by atoms with E-state index in [1.165, 1.54) is 34.8 Å². The van der Waals surface area contributed by atoms with Crippen molar-refractivity contribution in [1.29, 1.82) is 0 Å². The summed E-state index contributed by atoms with van der Waals surface area (Å²) in [5.74, 6) is -15.4. The van der Waals surface area contributed by atoms with Crippen molar-refractivity contribution in [2.24, 2.45) is 29.6 Å². The summed E-state index contributed by atoms with van der Waals surface area (Å²) in [6.45, 7) is 15.2. The van der Waals surface area contributed by atoms with Crippen LogP contribution in [0.15, 0.2) is 53.9 Å². The zero-order valence-electron chi connectivity index (χ0n) is 72.2. The quantitative estimate of drug-likeness (QED) is 0.00960. The number of urea groups is 2. The van der Waals surface area contributed by atoms with Crippen LogP contribution in [0.2, 0.25) is 0 Å². The van der Waals surface area contributed by atoms with Crippen molar-refractivity contribution in [3.05, 3.63) is 81.3 Å². The number of Topliss-reactive ketones (excluding diaryl/α,β-unsaturated/α-hetero) is 2. The average Bonchev–Trinajstić information content (AvgIpc) is 1.69. The number of ether oxygens (including phenoxy) is 3. The van der Waals surface area contributed by atoms with Crippen molar-refractivity contribution in [3.63, 3.8) is 0 Å². The average molecular weight is 1820 g/mol. The van der Waals surface area contributed by atoms with Gasteiger partial charge in [-0.3, -0.25) is 67.2 Å². The Labute approximate surface area is 737 Å². The van der Waals surface area contributed by atoms with Crippen LogP contribution in [0.4, 0.5) is 9.59 Å². The van der Waals surface area contributed by atoms with Crippen molar-refractivity contribution in [2.75, 3.05) is 58.6 Å². The molecule has 125 heavy (non-hydrogen) atoms. The van der Waals surface area contributed by atoms with Crippen LogP contribution in [-0.2, 0) is 110 Å². The number of phenols is 1. The van der Waals surface area contributed by atoms with Gasteiger partial charge in [0.15, 0.2) is 24.4 Å². The number of aliphatic carboxylic acids is 5. The molecule has 1 aliphatic rings. The summed E-state index contributed by atoms with van der Waals surface area (Å²) in [6.07, 6.45) is 4.29. The number of phenolic OH excluding ortho intramolecular Hbond substituents is 1. The van der Waals surface area contributed by atoms with E-state index in [2.05, 4.69) is 52.4 Å². The lowest BCUT2D eigenvalue weighted by molar-refractivity contribution is -0.192. The first kappa shape index (κ1) is 110. The van der Waals surface area contributed by atoms with Crippen molar-refractivity contribution < 1.29 is 136 Å². The maximum atomic E-state index is 14.9. The number of hydrogen-bond donors (Lipinski definition) is 14. The molecule has 42 heteroatoms. The Morgan fingerprint density at radius 3 is 1.88 bits per heavy atom. The normalized spacial score (nSPS) is 14.6. The van der Waals surface area contributed by atoms with Gasteiger partial charge in [0.2, 0.25) is 23.6 Å². The Hall–Kier alpha value is -11.1. The van der Waals surface area contributed by atoms with Gasteiger partial charge in [-0.15, -0.1) is 11.3 Å². The molecular weight excluding hydrogens is 1700 g/mol. The molecule has 2 aromatic carbocycles. The highest BCUT2D eigenvalue weighted by atomic mass is 33.1. The van der Waals surface area contributed by atoms with Crippen molar-refractivity contribution >= 4 is 140 Å². The maximum absolute atomic E-state index is 14.9. The highest BCUT2D eigenvalue weighted by Gasteiger charge is 2.41. The third-order valence-corrected chi connectivity index (χ3v) is 22.6. The SMILES string of the molecule is CCCOC(=O)CNC(=O)[C@@H](C)C[C@H](Cc1ccc(O)cc1)NC(=O)c1csc([C@@H](C[C@H](C(C)C)N(COC(=O)CCC)C(=O)[C@@H](CC(=O)[C@H]2CCCCN2C)C(C)CC)OC(C)=O)n1.CSSC[C@H](NC(=O)[C@H](CC(=O)O)CC(=O)[C@H](CC(=O)O)NC(=O)Cc1ccc(CNC(=O)NCCCC[C@H](NC(=O)NCCCC(=O)O)C(=O)O)cc1)C(=O)O.O=C=O. The topological polar surface area (TPSA) is 589 Å². The van der Waals surface area contributed by atoms with E-state index in [4.69, 9.17) is 28.9 Å². The van der Waals surface area contributed by atoms with Gasteiger partial charge in [-0.2, -0.15) is 9.59 Å². The van der Waals surface area contributed by atoms with Gasteiger partial charge < -0.3 is 92.3 Å². The van der Waals surface area contributed by atoms with Gasteiger partial charge in [0.05, 0.1) is 43.9 Å². The van der Waals surface area contributed by atoms with Crippen LogP contribution in [0.3, 0.4) is 0 Å². The number of nitrogens with one attached hydrogen (secondary N) is 8. The number of nitrogens with zero attached hydrogens (tertiary/aromatic N) is 3. The summed E-state index contributed by atoms with van der Waals surface area (Å²) in [7, 11) is 4.31. The number of likely N-dealkylation sites (tertiary alicyclic amines) is 1. The van der Waals surface area contributed by atoms with Gasteiger partial charge in [-0.25, -0.2) is 24.2 Å². The second-order valence-electron chi connectivity index (χ2n) is 30.2. The number of aromatic hydroxyl groups is 1. The van der Waals surface area contributed by atoms with Gasteiger partial charge in [0.1, 0.15) is 35.1 Å². The van der Waals surface area contributed by atoms with Crippen LogP contribution in [0.5, 0.6) is 5.75 Å². The number of aromatic nitrogens is 1. The standard InChI is InChI=1S/C48H73N5O11S.C34H48N6O15S2.CO2/c1-10-15-43(57)63-29-53(48(61)37(31(6)12-3)25-41(56)39-16-13-14-21-52(39)9)40(30(4)5)26-42(64-33(8)54)47-51-38(28-65-47)46(60)50-35(24-34-17-19-36(55)20-18-34)23-32(7)45(59)49-27-44(58)62-22-11-2;1-56-57-18-24(32(52)53)39-30(49)21(15-28(45)46)14-25(41)23(16-29(47)48)38-26(42)13-19-7-9-20(10-8-19)17-37-33(54)35-11-3-2-5-22(31(50)51)40-34(55)36-12-4-6-27(43)44;2-1-3/h17-20,28,30-32,35,37,39-40,42,55H,10-16,21-27,29H2,1-9H3,(H,49,59)(H,50,60);7-10,21-24H,2-6,11-18H2,1H3,(H,38,42)(H,39,49)(H,43,44)(H,45,46)(H,47,48)(H,50,51)(H,52,53)(H2,35,37,54)(H2,36,40,55);/t31?,32-,35+,37-,39+,40+,42+;21-,22-,23-,24-;/m00./s1. The smallest absolute Gasteiger partial charge is 0.373 e. The predicted octanol–water partition coefficient (Wildman–Crippen LogP) is 6.36. The Bertz CT molecular complexity index is 4050. The molecule has 14 N–H and O–H groups in total. The minimum Gasteiger partial charge on any atom is -0.508 e. The van der Waals surface area contributed by atoms with Crippen LogP contribution in [-0.4, -0.2) is 247 Å². The minimum atomic E-state index is -1.62. The maximum Gasteiger partial charge on any atom is 0.373 e. The predicted molar refractivity (Wildman–Crippen MR) is 456 cm³/mol. The monoisotopic (exact) mass is 1820 g/mol. The van der Waals surface area contributed by atoms with Gasteiger partial charge in [0.25, 0.3) is 5.91 Å². The molecule has 4 rings (SSSR count). The van der Waals surface area contributed by atoms with Crippen molar-refractivity contribution in [3.8, 4) is 5.75 Å². The van der Waals surface area contributed by atoms with Gasteiger partial charge >= 0.3 is 66.0 Å². The summed E-state index contributed by atoms with van der Waals surface area (Å²) < 4.78 is 16.6. The molecule has 0 spiro atoms. The number of esters is 3. The fourth-order valence-electron chi connectivity index (χ4n) is 12.9. The number of thiazole rings is 1. The lowest BCUT2D eigenvalue weighted by atomic mass is 9.82. The second kappa shape index (κ2) is 60.5. The summed E-state index contributed by atoms with van der Waals surface area (Å²) in [4.78, 5) is 237. The van der Waals surface area contributed by atoms with E-state index in [0.29, 0.717) is 54.7 Å². The molecule has 2 heterocycles. The number of carbonyl (C=O) groups excluding carboxylic acids is 14. The largest absolute Gasteiger partial charge is 0.508 e. The number of hydrogen-bond acceptors (Lipinski definition) is 28. The molecule has 9 amide bonds. The molecule has 11 atom stereocenters. The van der Waals surface area contributed by atoms with E-state index in [0.717, 1.165) is 53.5 Å². The van der Waals surface area contributed by atoms with Gasteiger partial charge in [-0.05, 0) is 125 Å². The Morgan fingerprint density at radius 2 is 1.30 bits per heavy atom. The fourth-order valence-corrected chi connectivity index (χ4v) is 15.1. The number of carboxylic acids is 5. The number of rotatable bonds is 56. The third kappa shape index (κ3) is 44.9. The molecule has 0 bridgehead atoms. The van der Waals surface area contributed by atoms with E-state index in [1.807, 2.05) is 48.6 Å². The first-order valence-electron chi connectivity index (χ1n) is 41.1. The van der Waals surface area contributed by atoms with E-state index < -0.39 is 163 Å².